The molecular weight excluding hydrogens is 266 g/mol. The summed E-state index contributed by atoms with van der Waals surface area (Å²) in [6.07, 6.45) is 0. The normalized spacial score (nSPS) is 12.3. The first-order valence-corrected chi connectivity index (χ1v) is 7.25. The maximum absolute atomic E-state index is 12.2. The van der Waals surface area contributed by atoms with E-state index in [1.54, 1.807) is 12.1 Å². The Labute approximate surface area is 114 Å². The van der Waals surface area contributed by atoms with Crippen LogP contribution >= 0.6 is 11.6 Å². The lowest BCUT2D eigenvalue weighted by atomic mass is 10.2. The van der Waals surface area contributed by atoms with E-state index < -0.39 is 10.8 Å². The number of nitrogen functional groups attached to an aromatic ring is 1. The highest BCUT2D eigenvalue weighted by molar-refractivity contribution is 7.84. The molecule has 2 aromatic carbocycles. The van der Waals surface area contributed by atoms with Crippen LogP contribution in [0.15, 0.2) is 47.4 Å². The highest BCUT2D eigenvalue weighted by atomic mass is 35.5. The number of aryl methyl sites for hydroxylation is 1. The maximum Gasteiger partial charge on any atom is 0.0574 e. The molecule has 0 fully saturated rings. The number of rotatable bonds is 3. The van der Waals surface area contributed by atoms with E-state index in [0.29, 0.717) is 16.5 Å². The van der Waals surface area contributed by atoms with Crippen molar-refractivity contribution in [2.24, 2.45) is 0 Å². The Kier molecular flexibility index (Phi) is 4.04. The van der Waals surface area contributed by atoms with Gasteiger partial charge in [-0.25, -0.2) is 0 Å². The Morgan fingerprint density at radius 1 is 1.17 bits per heavy atom. The van der Waals surface area contributed by atoms with E-state index in [1.807, 2.05) is 37.3 Å². The molecule has 2 nitrogen and oxygen atoms in total. The van der Waals surface area contributed by atoms with E-state index in [-0.39, 0.29) is 0 Å². The van der Waals surface area contributed by atoms with Crippen molar-refractivity contribution in [1.82, 2.24) is 0 Å². The van der Waals surface area contributed by atoms with Gasteiger partial charge in [-0.2, -0.15) is 0 Å². The molecule has 0 aliphatic heterocycles. The summed E-state index contributed by atoms with van der Waals surface area (Å²) in [4.78, 5) is 0.815. The topological polar surface area (TPSA) is 43.1 Å². The van der Waals surface area contributed by atoms with Crippen LogP contribution in [0.5, 0.6) is 0 Å². The number of halogens is 1. The fourth-order valence-electron chi connectivity index (χ4n) is 1.61. The lowest BCUT2D eigenvalue weighted by Crippen LogP contribution is -2.00. The van der Waals surface area contributed by atoms with Crippen molar-refractivity contribution in [1.29, 1.82) is 0 Å². The first-order valence-electron chi connectivity index (χ1n) is 5.55. The van der Waals surface area contributed by atoms with Gasteiger partial charge in [0, 0.05) is 15.6 Å². The average molecular weight is 280 g/mol. The van der Waals surface area contributed by atoms with E-state index in [2.05, 4.69) is 0 Å². The molecule has 2 N–H and O–H groups in total. The average Bonchev–Trinajstić information content (AvgIpc) is 2.33. The van der Waals surface area contributed by atoms with Crippen molar-refractivity contribution in [3.8, 4) is 0 Å². The molecule has 0 saturated heterocycles. The van der Waals surface area contributed by atoms with Gasteiger partial charge in [0.15, 0.2) is 0 Å². The third kappa shape index (κ3) is 3.12. The van der Waals surface area contributed by atoms with Crippen molar-refractivity contribution in [2.75, 3.05) is 5.73 Å². The van der Waals surface area contributed by atoms with Gasteiger partial charge >= 0.3 is 0 Å². The fourth-order valence-corrected chi connectivity index (χ4v) is 2.94. The van der Waals surface area contributed by atoms with Crippen LogP contribution in [0, 0.1) is 6.92 Å². The lowest BCUT2D eigenvalue weighted by Gasteiger charge is -2.06. The molecule has 0 saturated carbocycles. The zero-order valence-electron chi connectivity index (χ0n) is 10.0. The molecule has 1 unspecified atom stereocenters. The molecule has 0 aromatic heterocycles. The Hall–Kier alpha value is -1.32. The lowest BCUT2D eigenvalue weighted by molar-refractivity contribution is 0.682. The molecule has 0 aliphatic carbocycles. The zero-order chi connectivity index (χ0) is 13.1. The van der Waals surface area contributed by atoms with Crippen LogP contribution in [0.2, 0.25) is 5.02 Å². The monoisotopic (exact) mass is 279 g/mol. The largest absolute Gasteiger partial charge is 0.398 e. The molecule has 0 heterocycles. The Morgan fingerprint density at radius 3 is 2.44 bits per heavy atom. The quantitative estimate of drug-likeness (QED) is 0.874. The van der Waals surface area contributed by atoms with Crippen molar-refractivity contribution < 1.29 is 4.21 Å². The molecule has 1 atom stereocenters. The van der Waals surface area contributed by atoms with Gasteiger partial charge in [0.1, 0.15) is 0 Å². The van der Waals surface area contributed by atoms with Crippen molar-refractivity contribution in [3.05, 3.63) is 58.6 Å². The molecular formula is C14H14ClNOS. The second kappa shape index (κ2) is 5.55. The number of anilines is 1. The first-order chi connectivity index (χ1) is 8.56. The van der Waals surface area contributed by atoms with Crippen LogP contribution in [-0.2, 0) is 16.6 Å². The minimum absolute atomic E-state index is 0.409. The number of hydrogen-bond acceptors (Lipinski definition) is 2. The molecule has 0 amide bonds. The summed E-state index contributed by atoms with van der Waals surface area (Å²) in [5.41, 5.74) is 8.45. The van der Waals surface area contributed by atoms with Crippen LogP contribution in [0.25, 0.3) is 0 Å². The first kappa shape index (κ1) is 13.1. The highest BCUT2D eigenvalue weighted by Gasteiger charge is 2.07. The second-order valence-electron chi connectivity index (χ2n) is 4.15. The summed E-state index contributed by atoms with van der Waals surface area (Å²) < 4.78 is 12.2. The van der Waals surface area contributed by atoms with Gasteiger partial charge in [0.05, 0.1) is 16.6 Å². The predicted octanol–water partition coefficient (Wildman–Crippen LogP) is 3.54. The van der Waals surface area contributed by atoms with E-state index in [9.17, 15) is 4.21 Å². The summed E-state index contributed by atoms with van der Waals surface area (Å²) >= 11 is 5.83. The van der Waals surface area contributed by atoms with E-state index >= 15 is 0 Å². The van der Waals surface area contributed by atoms with Gasteiger partial charge in [-0.15, -0.1) is 0 Å². The van der Waals surface area contributed by atoms with Crippen LogP contribution in [-0.4, -0.2) is 4.21 Å². The SMILES string of the molecule is Cc1ccc(S(=O)Cc2ccc(Cl)cc2N)cc1. The molecule has 94 valence electrons. The van der Waals surface area contributed by atoms with Crippen molar-refractivity contribution in [2.45, 2.75) is 17.6 Å². The Bertz CT molecular complexity index is 581. The zero-order valence-corrected chi connectivity index (χ0v) is 11.6. The number of nitrogens with two attached hydrogens (primary N) is 1. The minimum atomic E-state index is -1.08. The standard InChI is InChI=1S/C14H14ClNOS/c1-10-2-6-13(7-3-10)18(17)9-11-4-5-12(15)8-14(11)16/h2-8H,9,16H2,1H3. The van der Waals surface area contributed by atoms with Crippen LogP contribution in [0.3, 0.4) is 0 Å². The van der Waals surface area contributed by atoms with Crippen molar-refractivity contribution >= 4 is 28.1 Å². The third-order valence-corrected chi connectivity index (χ3v) is 4.28. The van der Waals surface area contributed by atoms with Gasteiger partial charge in [-0.3, -0.25) is 4.21 Å². The number of hydrogen-bond donors (Lipinski definition) is 1. The predicted molar refractivity (Wildman–Crippen MR) is 77.2 cm³/mol. The van der Waals surface area contributed by atoms with Crippen LogP contribution < -0.4 is 5.73 Å². The van der Waals surface area contributed by atoms with Crippen molar-refractivity contribution in [3.63, 3.8) is 0 Å². The molecule has 4 heteroatoms. The second-order valence-corrected chi connectivity index (χ2v) is 6.03. The van der Waals surface area contributed by atoms with Gasteiger partial charge in [-0.1, -0.05) is 35.4 Å². The number of benzene rings is 2. The molecule has 0 bridgehead atoms. The minimum Gasteiger partial charge on any atom is -0.398 e. The summed E-state index contributed by atoms with van der Waals surface area (Å²) in [5.74, 6) is 0.409. The molecule has 0 spiro atoms. The third-order valence-electron chi connectivity index (χ3n) is 2.68. The summed E-state index contributed by atoms with van der Waals surface area (Å²) in [6, 6.07) is 13.0. The Morgan fingerprint density at radius 2 is 1.83 bits per heavy atom. The molecule has 2 rings (SSSR count). The molecule has 0 aliphatic rings. The van der Waals surface area contributed by atoms with E-state index in [4.69, 9.17) is 17.3 Å². The molecule has 18 heavy (non-hydrogen) atoms. The van der Waals surface area contributed by atoms with Gasteiger partial charge < -0.3 is 5.73 Å². The van der Waals surface area contributed by atoms with E-state index in [1.165, 1.54) is 0 Å². The van der Waals surface area contributed by atoms with Gasteiger partial charge in [0.2, 0.25) is 0 Å². The highest BCUT2D eigenvalue weighted by Crippen LogP contribution is 2.21. The van der Waals surface area contributed by atoms with Crippen LogP contribution in [0.4, 0.5) is 5.69 Å². The summed E-state index contributed by atoms with van der Waals surface area (Å²) in [5, 5.41) is 0.595. The van der Waals surface area contributed by atoms with Gasteiger partial charge in [0.25, 0.3) is 0 Å². The van der Waals surface area contributed by atoms with Gasteiger partial charge in [-0.05, 0) is 36.8 Å². The fraction of sp³-hybridized carbons (Fsp3) is 0.143. The Balaban J connectivity index is 2.18. The molecule has 0 radical (unpaired) electrons. The summed E-state index contributed by atoms with van der Waals surface area (Å²) in [6.45, 7) is 2.00. The summed E-state index contributed by atoms with van der Waals surface area (Å²) in [7, 11) is -1.08. The maximum atomic E-state index is 12.2. The van der Waals surface area contributed by atoms with E-state index in [0.717, 1.165) is 16.0 Å². The molecule has 2 aromatic rings. The smallest absolute Gasteiger partial charge is 0.0574 e. The van der Waals surface area contributed by atoms with Crippen LogP contribution in [0.1, 0.15) is 11.1 Å².